The molecule has 29 heavy (non-hydrogen) atoms. The van der Waals surface area contributed by atoms with Crippen LogP contribution in [-0.4, -0.2) is 20.0 Å². The van der Waals surface area contributed by atoms with Crippen molar-refractivity contribution >= 4 is 38.6 Å². The number of hydrogen-bond donors (Lipinski definition) is 1. The second kappa shape index (κ2) is 7.94. The molecule has 0 fully saturated rings. The van der Waals surface area contributed by atoms with Crippen LogP contribution in [0.1, 0.15) is 5.56 Å². The zero-order valence-corrected chi connectivity index (χ0v) is 17.5. The second-order valence-electron chi connectivity index (χ2n) is 5.97. The third-order valence-corrected chi connectivity index (χ3v) is 6.77. The number of hydrogen-bond acceptors (Lipinski definition) is 4. The first-order valence-electron chi connectivity index (χ1n) is 8.13. The molecule has 154 valence electrons. The van der Waals surface area contributed by atoms with Crippen molar-refractivity contribution < 1.29 is 21.6 Å². The van der Waals surface area contributed by atoms with E-state index < -0.39 is 21.8 Å². The van der Waals surface area contributed by atoms with E-state index in [4.69, 9.17) is 11.6 Å². The van der Waals surface area contributed by atoms with Crippen molar-refractivity contribution in [2.75, 3.05) is 7.05 Å². The van der Waals surface area contributed by atoms with Gasteiger partial charge in [0.2, 0.25) is 10.0 Å². The fraction of sp³-hybridized carbons (Fsp3) is 0.167. The highest BCUT2D eigenvalue weighted by Crippen LogP contribution is 2.32. The number of benzene rings is 2. The van der Waals surface area contributed by atoms with Gasteiger partial charge in [0, 0.05) is 23.0 Å². The van der Waals surface area contributed by atoms with Gasteiger partial charge in [-0.25, -0.2) is 18.1 Å². The van der Waals surface area contributed by atoms with E-state index in [1.807, 2.05) is 0 Å². The van der Waals surface area contributed by atoms with Gasteiger partial charge in [0.05, 0.1) is 21.8 Å². The van der Waals surface area contributed by atoms with Gasteiger partial charge >= 0.3 is 6.18 Å². The van der Waals surface area contributed by atoms with Gasteiger partial charge in [-0.2, -0.15) is 13.2 Å². The van der Waals surface area contributed by atoms with Crippen LogP contribution < -0.4 is 9.52 Å². The molecule has 0 spiro atoms. The van der Waals surface area contributed by atoms with Gasteiger partial charge in [0.1, 0.15) is 0 Å². The molecule has 1 aromatic heterocycles. The third kappa shape index (κ3) is 4.55. The molecule has 0 bridgehead atoms. The Labute approximate surface area is 174 Å². The second-order valence-corrected chi connectivity index (χ2v) is 9.10. The number of nitrogens with one attached hydrogen (secondary N) is 1. The van der Waals surface area contributed by atoms with Gasteiger partial charge in [0.25, 0.3) is 0 Å². The molecule has 1 N–H and O–H groups in total. The van der Waals surface area contributed by atoms with E-state index in [-0.39, 0.29) is 10.6 Å². The monoisotopic (exact) mass is 461 g/mol. The fourth-order valence-electron chi connectivity index (χ4n) is 2.56. The minimum Gasteiger partial charge on any atom is -0.319 e. The minimum absolute atomic E-state index is 0.0435. The van der Waals surface area contributed by atoms with Crippen molar-refractivity contribution in [1.29, 1.82) is 0 Å². The summed E-state index contributed by atoms with van der Waals surface area (Å²) in [5, 5.41) is 2.04. The van der Waals surface area contributed by atoms with Crippen LogP contribution in [0, 0.1) is 0 Å². The highest BCUT2D eigenvalue weighted by molar-refractivity contribution is 7.89. The van der Waals surface area contributed by atoms with Gasteiger partial charge in [-0.3, -0.25) is 0 Å². The van der Waals surface area contributed by atoms with Crippen molar-refractivity contribution in [1.82, 2.24) is 9.29 Å². The number of sulfonamides is 1. The molecule has 0 amide bonds. The molecule has 5 nitrogen and oxygen atoms in total. The molecular weight excluding hydrogens is 447 g/mol. The zero-order chi connectivity index (χ0) is 21.4. The van der Waals surface area contributed by atoms with E-state index in [2.05, 4.69) is 9.71 Å². The van der Waals surface area contributed by atoms with Crippen LogP contribution in [0.2, 0.25) is 5.02 Å². The highest BCUT2D eigenvalue weighted by atomic mass is 35.5. The summed E-state index contributed by atoms with van der Waals surface area (Å²) in [6.07, 6.45) is -4.46. The zero-order valence-electron chi connectivity index (χ0n) is 15.2. The van der Waals surface area contributed by atoms with E-state index in [9.17, 15) is 21.6 Å². The van der Waals surface area contributed by atoms with Crippen molar-refractivity contribution in [3.63, 3.8) is 0 Å². The maximum Gasteiger partial charge on any atom is 0.416 e. The van der Waals surface area contributed by atoms with E-state index in [1.165, 1.54) is 48.7 Å². The minimum atomic E-state index is -4.46. The van der Waals surface area contributed by atoms with Crippen LogP contribution in [0.25, 0.3) is 11.3 Å². The number of alkyl halides is 3. The van der Waals surface area contributed by atoms with E-state index in [0.29, 0.717) is 21.1 Å². The molecule has 0 saturated heterocycles. The summed E-state index contributed by atoms with van der Waals surface area (Å²) in [5.74, 6) is 0. The molecule has 3 aromatic rings. The lowest BCUT2D eigenvalue weighted by Gasteiger charge is -2.09. The SMILES string of the molecule is CNS(=O)(=O)c1ccc(Cl)c(-c2csc(=Nc3cccc(C(F)(F)F)c3)n2C)c1. The summed E-state index contributed by atoms with van der Waals surface area (Å²) in [6, 6.07) is 9.00. The lowest BCUT2D eigenvalue weighted by molar-refractivity contribution is -0.137. The number of thiazole rings is 1. The first kappa shape index (κ1) is 21.6. The summed E-state index contributed by atoms with van der Waals surface area (Å²) in [6.45, 7) is 0. The Balaban J connectivity index is 2.10. The maximum absolute atomic E-state index is 12.9. The lowest BCUT2D eigenvalue weighted by Crippen LogP contribution is -2.18. The van der Waals surface area contributed by atoms with Crippen molar-refractivity contribution in [2.24, 2.45) is 12.0 Å². The van der Waals surface area contributed by atoms with Crippen LogP contribution in [0.4, 0.5) is 18.9 Å². The van der Waals surface area contributed by atoms with Gasteiger partial charge in [-0.05, 0) is 43.4 Å². The van der Waals surface area contributed by atoms with Crippen LogP contribution in [-0.2, 0) is 23.2 Å². The first-order valence-corrected chi connectivity index (χ1v) is 10.9. The average molecular weight is 462 g/mol. The molecule has 0 aliphatic rings. The molecule has 0 atom stereocenters. The normalized spacial score (nSPS) is 13.1. The van der Waals surface area contributed by atoms with Gasteiger partial charge in [-0.15, -0.1) is 11.3 Å². The Hall–Kier alpha value is -2.14. The standard InChI is InChI=1S/C18H15ClF3N3O2S2/c1-23-29(26,27)13-6-7-15(19)14(9-13)16-10-28-17(25(16)2)24-12-5-3-4-11(8-12)18(20,21)22/h3-10,23H,1-2H3. The fourth-order valence-corrected chi connectivity index (χ4v) is 4.45. The first-order chi connectivity index (χ1) is 13.5. The largest absolute Gasteiger partial charge is 0.416 e. The topological polar surface area (TPSA) is 63.5 Å². The smallest absolute Gasteiger partial charge is 0.319 e. The van der Waals surface area contributed by atoms with E-state index in [1.54, 1.807) is 17.0 Å². The van der Waals surface area contributed by atoms with E-state index in [0.717, 1.165) is 12.1 Å². The van der Waals surface area contributed by atoms with Crippen LogP contribution in [0.15, 0.2) is 57.7 Å². The Morgan fingerprint density at radius 1 is 1.17 bits per heavy atom. The van der Waals surface area contributed by atoms with Gasteiger partial charge in [-0.1, -0.05) is 17.7 Å². The molecule has 0 aliphatic carbocycles. The van der Waals surface area contributed by atoms with Crippen molar-refractivity contribution in [3.05, 3.63) is 63.2 Å². The Kier molecular flexibility index (Phi) is 5.91. The average Bonchev–Trinajstić information content (AvgIpc) is 3.02. The van der Waals surface area contributed by atoms with Gasteiger partial charge in [0.15, 0.2) is 4.80 Å². The third-order valence-electron chi connectivity index (χ3n) is 4.12. The summed E-state index contributed by atoms with van der Waals surface area (Å²) in [5.41, 5.74) is 0.416. The molecule has 0 saturated carbocycles. The summed E-state index contributed by atoms with van der Waals surface area (Å²) < 4.78 is 66.7. The van der Waals surface area contributed by atoms with Crippen LogP contribution in [0.5, 0.6) is 0 Å². The quantitative estimate of drug-likeness (QED) is 0.618. The van der Waals surface area contributed by atoms with Crippen molar-refractivity contribution in [2.45, 2.75) is 11.1 Å². The molecular formula is C18H15ClF3N3O2S2. The lowest BCUT2D eigenvalue weighted by atomic mass is 10.2. The number of nitrogens with zero attached hydrogens (tertiary/aromatic N) is 2. The Morgan fingerprint density at radius 3 is 2.55 bits per heavy atom. The molecule has 0 unspecified atom stereocenters. The molecule has 1 heterocycles. The maximum atomic E-state index is 12.9. The Bertz CT molecular complexity index is 1230. The molecule has 0 radical (unpaired) electrons. The molecule has 11 heteroatoms. The summed E-state index contributed by atoms with van der Waals surface area (Å²) >= 11 is 7.46. The number of aromatic nitrogens is 1. The highest BCUT2D eigenvalue weighted by Gasteiger charge is 2.30. The van der Waals surface area contributed by atoms with Crippen LogP contribution >= 0.6 is 22.9 Å². The Morgan fingerprint density at radius 2 is 1.90 bits per heavy atom. The summed E-state index contributed by atoms with van der Waals surface area (Å²) in [4.78, 5) is 4.76. The van der Waals surface area contributed by atoms with Crippen molar-refractivity contribution in [3.8, 4) is 11.3 Å². The predicted octanol–water partition coefficient (Wildman–Crippen LogP) is 4.57. The number of halogens is 4. The molecule has 0 aliphatic heterocycles. The predicted molar refractivity (Wildman–Crippen MR) is 107 cm³/mol. The van der Waals surface area contributed by atoms with Crippen LogP contribution in [0.3, 0.4) is 0 Å². The molecule has 3 rings (SSSR count). The van der Waals surface area contributed by atoms with Gasteiger partial charge < -0.3 is 4.57 Å². The summed E-state index contributed by atoms with van der Waals surface area (Å²) in [7, 11) is -0.683. The van der Waals surface area contributed by atoms with E-state index >= 15 is 0 Å². The number of rotatable bonds is 4. The molecule has 2 aromatic carbocycles.